The van der Waals surface area contributed by atoms with Crippen molar-refractivity contribution < 1.29 is 56.3 Å². The second-order valence-corrected chi connectivity index (χ2v) is 46.6. The summed E-state index contributed by atoms with van der Waals surface area (Å²) in [6.07, 6.45) is 0. The van der Waals surface area contributed by atoms with Crippen LogP contribution in [0, 0.1) is 16.2 Å². The van der Waals surface area contributed by atoms with Crippen LogP contribution < -0.4 is 0 Å². The molecule has 564 valence electrons. The van der Waals surface area contributed by atoms with Crippen LogP contribution in [0.25, 0.3) is 0 Å². The maximum Gasteiger partial charge on any atom is 0.346 e. The van der Waals surface area contributed by atoms with Crippen molar-refractivity contribution >= 4 is 17.2 Å². The van der Waals surface area contributed by atoms with E-state index in [2.05, 4.69) is 312 Å². The zero-order valence-corrected chi connectivity index (χ0v) is 72.2. The molecular formula is C87H134O12P2. The van der Waals surface area contributed by atoms with Crippen molar-refractivity contribution in [1.82, 2.24) is 0 Å². The molecule has 12 rings (SSSR count). The van der Waals surface area contributed by atoms with E-state index in [0.29, 0.717) is 5.56 Å². The molecule has 0 aliphatic carbocycles. The first-order chi connectivity index (χ1) is 44.8. The van der Waals surface area contributed by atoms with Crippen molar-refractivity contribution in [3.63, 3.8) is 0 Å². The Morgan fingerprint density at radius 2 is 0.505 bits per heavy atom. The number of aliphatic hydroxyl groups is 2. The van der Waals surface area contributed by atoms with E-state index in [1.807, 2.05) is 13.8 Å². The smallest absolute Gasteiger partial charge is 0.346 e. The van der Waals surface area contributed by atoms with Crippen molar-refractivity contribution in [2.24, 2.45) is 16.2 Å². The summed E-state index contributed by atoms with van der Waals surface area (Å²) in [5.74, 6) is -11.9. The van der Waals surface area contributed by atoms with Gasteiger partial charge in [-0.1, -0.05) is 312 Å². The molecule has 14 heteroatoms. The maximum atomic E-state index is 13.6. The minimum absolute atomic E-state index is 0.349. The first-order valence-corrected chi connectivity index (χ1v) is 39.6. The Hall–Kier alpha value is -2.74. The minimum Gasteiger partial charge on any atom is -0.396 e. The van der Waals surface area contributed by atoms with Gasteiger partial charge < -0.3 is 19.7 Å². The molecule has 4 aromatic rings. The standard InChI is InChI=1S/C87H134O12P2/c1-67(2,3)51-41-55(71(13,14)15)63(56(42-51)72(16,17)18)81(64-57(73(19,20)21)43-52(68(4,5)6)44-58(64)74(22,23)24)84-83(66-61(77(31,32)33)47-54(70(10,11)12)48-62(66)78(34,35)36,94-100-96-86(84,97-100)92-85(80(39,40)50-89)93-87(84)98-101(95-85)99-87)91-82(90-81,79(37,38)49-88)65-59(75(25,26)27)45-53(69(7,8)9)46-60(65)76(28,29)30/h41-48,88-89H,49-50H2,1-40H3. The lowest BCUT2D eigenvalue weighted by atomic mass is 9.47. The van der Waals surface area contributed by atoms with Gasteiger partial charge in [0.2, 0.25) is 17.0 Å². The molecule has 8 saturated heterocycles. The first-order valence-electron chi connectivity index (χ1n) is 37.4. The van der Waals surface area contributed by atoms with Crippen LogP contribution in [0.1, 0.15) is 366 Å². The number of ether oxygens (including phenoxy) is 4. The number of rotatable bonds is 8. The second-order valence-electron chi connectivity index (χ2n) is 44.6. The van der Waals surface area contributed by atoms with Crippen LogP contribution in [0.4, 0.5) is 0 Å². The summed E-state index contributed by atoms with van der Waals surface area (Å²) in [6, 6.07) is 19.2. The van der Waals surface area contributed by atoms with Crippen LogP contribution in [-0.2, 0) is 128 Å². The van der Waals surface area contributed by atoms with Crippen LogP contribution >= 0.6 is 17.2 Å². The number of hydrogen-bond acceptors (Lipinski definition) is 12. The fourth-order valence-electron chi connectivity index (χ4n) is 16.2. The zero-order chi connectivity index (χ0) is 77.0. The second kappa shape index (κ2) is 23.2. The SMILES string of the molecule is CC(C)(C)c1cc(C(C)(C)C)c(C2(C(C)(C)CO)OC3(c4c(C(C)(C)C)cc(C(C)(C)C)cc4C(C)(C)C)OP4OC5(O4)OC4(C(C)(C)CO)OP6OC(O6)(O4)C53C(c3c(C(C)(C)C)cc(C(C)(C)C)cc3C(C)(C)C)(c3c(C(C)(C)C)cc(C(C)(C)C)cc3C(C)(C)C)O2)c(C(C)(C)C)c1. The van der Waals surface area contributed by atoms with Gasteiger partial charge in [-0.2, -0.15) is 0 Å². The summed E-state index contributed by atoms with van der Waals surface area (Å²) < 4.78 is 83.7. The molecule has 0 amide bonds. The van der Waals surface area contributed by atoms with Crippen LogP contribution in [0.15, 0.2) is 48.5 Å². The van der Waals surface area contributed by atoms with Crippen molar-refractivity contribution in [1.29, 1.82) is 0 Å². The summed E-state index contributed by atoms with van der Waals surface area (Å²) in [4.78, 5) is 0. The molecule has 8 aliphatic heterocycles. The highest BCUT2D eigenvalue weighted by atomic mass is 31.2. The van der Waals surface area contributed by atoms with E-state index in [4.69, 9.17) is 36.6 Å². The molecular weight excluding hydrogens is 1300 g/mol. The summed E-state index contributed by atoms with van der Waals surface area (Å²) in [5.41, 5.74) is -0.130. The van der Waals surface area contributed by atoms with Gasteiger partial charge in [0, 0.05) is 16.5 Å². The highest BCUT2D eigenvalue weighted by Crippen LogP contribution is 2.95. The third-order valence-electron chi connectivity index (χ3n) is 22.6. The predicted octanol–water partition coefficient (Wildman–Crippen LogP) is 22.9. The molecule has 4 unspecified atom stereocenters. The lowest BCUT2D eigenvalue weighted by molar-refractivity contribution is -0.736. The summed E-state index contributed by atoms with van der Waals surface area (Å²) >= 11 is 0. The Bertz CT molecular complexity index is 3680. The third kappa shape index (κ3) is 12.0. The molecule has 2 N–H and O–H groups in total. The van der Waals surface area contributed by atoms with E-state index >= 15 is 0 Å². The van der Waals surface area contributed by atoms with Gasteiger partial charge in [0.25, 0.3) is 0 Å². The Morgan fingerprint density at radius 1 is 0.267 bits per heavy atom. The Labute approximate surface area is 614 Å². The normalized spacial score (nSPS) is 28.5. The van der Waals surface area contributed by atoms with Crippen LogP contribution in [0.2, 0.25) is 0 Å². The largest absolute Gasteiger partial charge is 0.396 e. The van der Waals surface area contributed by atoms with E-state index in [1.165, 1.54) is 0 Å². The number of aliphatic hydroxyl groups excluding tert-OH is 2. The maximum absolute atomic E-state index is 13.6. The van der Waals surface area contributed by atoms with Gasteiger partial charge in [-0.15, -0.1) is 0 Å². The van der Waals surface area contributed by atoms with Gasteiger partial charge in [0.05, 0.1) is 18.6 Å². The van der Waals surface area contributed by atoms with E-state index in [1.54, 1.807) is 0 Å². The Balaban J connectivity index is 1.80. The van der Waals surface area contributed by atoms with Crippen molar-refractivity contribution in [3.8, 4) is 0 Å². The van der Waals surface area contributed by atoms with Crippen molar-refractivity contribution in [2.45, 2.75) is 377 Å². The van der Waals surface area contributed by atoms with Gasteiger partial charge in [-0.3, -0.25) is 36.6 Å². The fraction of sp³-hybridized carbons (Fsp3) is 0.724. The summed E-state index contributed by atoms with van der Waals surface area (Å²) in [6.45, 7) is 89.5. The average molecular weight is 1430 g/mol. The summed E-state index contributed by atoms with van der Waals surface area (Å²) in [7, 11) is -4.98. The van der Waals surface area contributed by atoms with E-state index in [-0.39, 0.29) is 10.8 Å². The first kappa shape index (κ1) is 80.8. The van der Waals surface area contributed by atoms with Crippen molar-refractivity contribution in [3.05, 3.63) is 138 Å². The fourth-order valence-corrected chi connectivity index (χ4v) is 18.9. The van der Waals surface area contributed by atoms with Gasteiger partial charge in [-0.05, 0) is 157 Å². The molecule has 4 aromatic carbocycles. The molecule has 0 aromatic heterocycles. The molecule has 8 heterocycles. The lowest BCUT2D eigenvalue weighted by Crippen LogP contribution is -2.96. The topological polar surface area (TPSA) is 133 Å². The minimum atomic E-state index is -2.56. The van der Waals surface area contributed by atoms with Crippen LogP contribution in [0.5, 0.6) is 0 Å². The molecule has 101 heavy (non-hydrogen) atoms. The zero-order valence-electron chi connectivity index (χ0n) is 70.4. The Morgan fingerprint density at radius 3 is 0.743 bits per heavy atom. The summed E-state index contributed by atoms with van der Waals surface area (Å²) in [5, 5.41) is 25.7. The molecule has 3 spiro atoms. The van der Waals surface area contributed by atoms with Gasteiger partial charge >= 0.3 is 35.1 Å². The number of benzene rings is 4. The third-order valence-corrected chi connectivity index (χ3v) is 24.9. The quantitative estimate of drug-likeness (QED) is 0.163. The highest BCUT2D eigenvalue weighted by molar-refractivity contribution is 7.43. The van der Waals surface area contributed by atoms with Crippen molar-refractivity contribution in [2.75, 3.05) is 13.2 Å². The van der Waals surface area contributed by atoms with Gasteiger partial charge in [0.1, 0.15) is 0 Å². The average Bonchev–Trinajstić information content (AvgIpc) is 0.597. The van der Waals surface area contributed by atoms with E-state index in [0.717, 1.165) is 83.5 Å². The van der Waals surface area contributed by atoms with E-state index < -0.39 is 136 Å². The molecule has 0 saturated carbocycles. The molecule has 12 nitrogen and oxygen atoms in total. The molecule has 4 atom stereocenters. The highest BCUT2D eigenvalue weighted by Gasteiger charge is 3.05. The monoisotopic (exact) mass is 1430 g/mol. The predicted molar refractivity (Wildman–Crippen MR) is 411 cm³/mol. The Kier molecular flexibility index (Phi) is 18.5. The van der Waals surface area contributed by atoms with Crippen LogP contribution in [0.3, 0.4) is 0 Å². The molecule has 0 radical (unpaired) electrons. The molecule has 5 bridgehead atoms. The number of hydrogen-bond donors (Lipinski definition) is 2. The van der Waals surface area contributed by atoms with Gasteiger partial charge in [-0.25, -0.2) is 0 Å². The van der Waals surface area contributed by atoms with E-state index in [9.17, 15) is 19.7 Å². The lowest BCUT2D eigenvalue weighted by Gasteiger charge is -2.82. The van der Waals surface area contributed by atoms with Gasteiger partial charge in [0.15, 0.2) is 5.60 Å². The molecule has 8 aliphatic rings. The molecule has 8 fully saturated rings. The van der Waals surface area contributed by atoms with Crippen LogP contribution in [-0.4, -0.2) is 41.3 Å².